The van der Waals surface area contributed by atoms with Crippen LogP contribution in [0.3, 0.4) is 0 Å². The van der Waals surface area contributed by atoms with Crippen molar-refractivity contribution < 1.29 is 9.53 Å². The van der Waals surface area contributed by atoms with Crippen LogP contribution in [0.5, 0.6) is 6.01 Å². The average molecular weight is 595 g/mol. The molecule has 0 unspecified atom stereocenters. The highest BCUT2D eigenvalue weighted by Gasteiger charge is 2.37. The van der Waals surface area contributed by atoms with Gasteiger partial charge in [0, 0.05) is 67.2 Å². The number of carbonyl (C=O) groups is 1. The van der Waals surface area contributed by atoms with Gasteiger partial charge in [-0.2, -0.15) is 15.2 Å². The maximum absolute atomic E-state index is 12.6. The first kappa shape index (κ1) is 28.8. The van der Waals surface area contributed by atoms with E-state index < -0.39 is 0 Å². The fraction of sp³-hybridized carbons (Fsp3) is 0.529. The number of nitrogens with zero attached hydrogens (tertiary/aromatic N) is 6. The molecule has 4 aliphatic rings. The minimum absolute atomic E-state index is 0.0165. The van der Waals surface area contributed by atoms with E-state index in [1.165, 1.54) is 34.0 Å². The van der Waals surface area contributed by atoms with Gasteiger partial charge in [0.15, 0.2) is 0 Å². The number of hydrogen-bond donors (Lipinski definition) is 2. The minimum Gasteiger partial charge on any atom is -0.462 e. The highest BCUT2D eigenvalue weighted by Crippen LogP contribution is 2.36. The lowest BCUT2D eigenvalue weighted by Gasteiger charge is -2.40. The van der Waals surface area contributed by atoms with Crippen molar-refractivity contribution in [3.05, 3.63) is 53.2 Å². The Labute approximate surface area is 259 Å². The smallest absolute Gasteiger partial charge is 0.318 e. The Morgan fingerprint density at radius 1 is 1.14 bits per heavy atom. The van der Waals surface area contributed by atoms with Crippen LogP contribution in [0.1, 0.15) is 42.5 Å². The Balaban J connectivity index is 1.19. The number of ether oxygens (including phenoxy) is 1. The lowest BCUT2D eigenvalue weighted by Crippen LogP contribution is -2.52. The van der Waals surface area contributed by atoms with Gasteiger partial charge in [0.25, 0.3) is 0 Å². The standard InChI is InChI=1S/C34H42N8O2/c1-22-6-3-7-23-8-4-10-30(31(22)23)41-16-12-26-29(20-41)38-34(44-21-25-9-5-15-40(25)2)39-32(26)42-17-13-27(24(19-42)11-14-35)37-33(43)28-18-36-28/h3-4,6-8,10,24-25,27-28,36H,5,9,11-13,15-21H2,1-2H3,(H,37,43)/t24-,25-,27-,28-/m0/s1. The number of rotatable bonds is 8. The second-order valence-corrected chi connectivity index (χ2v) is 12.9. The van der Waals surface area contributed by atoms with Gasteiger partial charge in [0.1, 0.15) is 12.4 Å². The van der Waals surface area contributed by atoms with Crippen molar-refractivity contribution in [2.45, 2.75) is 63.7 Å². The number of nitrogens with one attached hydrogen (secondary N) is 2. The van der Waals surface area contributed by atoms with Crippen LogP contribution in [0.2, 0.25) is 0 Å². The number of fused-ring (bicyclic) bond motifs is 2. The van der Waals surface area contributed by atoms with Crippen LogP contribution in [-0.2, 0) is 17.8 Å². The largest absolute Gasteiger partial charge is 0.462 e. The van der Waals surface area contributed by atoms with Crippen LogP contribution in [0, 0.1) is 24.2 Å². The number of hydrogen-bond acceptors (Lipinski definition) is 9. The van der Waals surface area contributed by atoms with E-state index in [0.717, 1.165) is 57.0 Å². The molecule has 10 heteroatoms. The first-order valence-corrected chi connectivity index (χ1v) is 16.1. The molecule has 230 valence electrons. The molecule has 0 saturated carbocycles. The van der Waals surface area contributed by atoms with Crippen molar-refractivity contribution in [1.29, 1.82) is 5.26 Å². The molecule has 0 aliphatic carbocycles. The lowest BCUT2D eigenvalue weighted by atomic mass is 9.89. The van der Waals surface area contributed by atoms with Crippen LogP contribution in [-0.4, -0.2) is 85.3 Å². The summed E-state index contributed by atoms with van der Waals surface area (Å²) < 4.78 is 6.34. The summed E-state index contributed by atoms with van der Waals surface area (Å²) in [6.07, 6.45) is 4.29. The van der Waals surface area contributed by atoms with Crippen molar-refractivity contribution in [3.63, 3.8) is 0 Å². The fourth-order valence-electron chi connectivity index (χ4n) is 7.32. The number of benzene rings is 2. The molecule has 3 fully saturated rings. The van der Waals surface area contributed by atoms with E-state index in [0.29, 0.717) is 38.2 Å². The SMILES string of the molecule is Cc1cccc2cccc(N3CCc4c(nc(OC[C@@H]5CCCN5C)nc4N4CC[C@H](NC(=O)[C@@H]5CN5)[C@@H](CC#N)C4)C3)c12. The number of nitriles is 1. The predicted octanol–water partition coefficient (Wildman–Crippen LogP) is 3.17. The van der Waals surface area contributed by atoms with E-state index in [4.69, 9.17) is 14.7 Å². The number of amides is 1. The number of carbonyl (C=O) groups excluding carboxylic acids is 1. The second-order valence-electron chi connectivity index (χ2n) is 12.9. The van der Waals surface area contributed by atoms with Gasteiger partial charge in [0.2, 0.25) is 5.91 Å². The van der Waals surface area contributed by atoms with Crippen LogP contribution < -0.4 is 25.2 Å². The lowest BCUT2D eigenvalue weighted by molar-refractivity contribution is -0.121. The van der Waals surface area contributed by atoms with Gasteiger partial charge in [-0.25, -0.2) is 0 Å². The topological polar surface area (TPSA) is 120 Å². The summed E-state index contributed by atoms with van der Waals surface area (Å²) in [7, 11) is 2.15. The predicted molar refractivity (Wildman–Crippen MR) is 171 cm³/mol. The Morgan fingerprint density at radius 3 is 2.75 bits per heavy atom. The van der Waals surface area contributed by atoms with E-state index >= 15 is 0 Å². The third-order valence-corrected chi connectivity index (χ3v) is 9.97. The quantitative estimate of drug-likeness (QED) is 0.379. The van der Waals surface area contributed by atoms with E-state index in [1.807, 2.05) is 0 Å². The molecule has 1 aromatic heterocycles. The van der Waals surface area contributed by atoms with E-state index in [2.05, 4.69) is 81.8 Å². The summed E-state index contributed by atoms with van der Waals surface area (Å²) in [6.45, 7) is 7.54. The van der Waals surface area contributed by atoms with E-state index in [1.54, 1.807) is 0 Å². The van der Waals surface area contributed by atoms with Crippen LogP contribution in [0.15, 0.2) is 36.4 Å². The molecule has 3 saturated heterocycles. The van der Waals surface area contributed by atoms with Gasteiger partial charge in [-0.3, -0.25) is 4.79 Å². The van der Waals surface area contributed by atoms with Crippen molar-refractivity contribution in [3.8, 4) is 12.1 Å². The summed E-state index contributed by atoms with van der Waals surface area (Å²) in [6, 6.07) is 16.1. The highest BCUT2D eigenvalue weighted by atomic mass is 16.5. The molecular formula is C34H42N8O2. The molecule has 2 aromatic carbocycles. The summed E-state index contributed by atoms with van der Waals surface area (Å²) in [5.41, 5.74) is 4.68. The average Bonchev–Trinajstić information content (AvgIpc) is 3.81. The first-order chi connectivity index (χ1) is 21.5. The fourth-order valence-corrected chi connectivity index (χ4v) is 7.32. The van der Waals surface area contributed by atoms with E-state index in [-0.39, 0.29) is 23.9 Å². The summed E-state index contributed by atoms with van der Waals surface area (Å²) in [4.78, 5) is 29.7. The van der Waals surface area contributed by atoms with Gasteiger partial charge < -0.3 is 30.1 Å². The zero-order valence-electron chi connectivity index (χ0n) is 25.8. The minimum atomic E-state index is -0.0864. The van der Waals surface area contributed by atoms with Crippen LogP contribution in [0.4, 0.5) is 11.5 Å². The van der Waals surface area contributed by atoms with Crippen LogP contribution >= 0.6 is 0 Å². The number of likely N-dealkylation sites (tertiary alicyclic amines) is 1. The van der Waals surface area contributed by atoms with Gasteiger partial charge in [-0.15, -0.1) is 0 Å². The van der Waals surface area contributed by atoms with Crippen molar-refractivity contribution in [2.24, 2.45) is 5.92 Å². The zero-order chi connectivity index (χ0) is 30.2. The Morgan fingerprint density at radius 2 is 1.98 bits per heavy atom. The Hall–Kier alpha value is -3.94. The maximum Gasteiger partial charge on any atom is 0.318 e. The molecule has 7 rings (SSSR count). The third kappa shape index (κ3) is 5.78. The normalized spacial score (nSPS) is 25.0. The van der Waals surface area contributed by atoms with Crippen LogP contribution in [0.25, 0.3) is 10.8 Å². The maximum atomic E-state index is 12.6. The van der Waals surface area contributed by atoms with Gasteiger partial charge in [-0.1, -0.05) is 30.3 Å². The molecule has 0 spiro atoms. The number of aromatic nitrogens is 2. The van der Waals surface area contributed by atoms with Gasteiger partial charge in [-0.05, 0) is 63.2 Å². The van der Waals surface area contributed by atoms with Gasteiger partial charge >= 0.3 is 6.01 Å². The number of piperidine rings is 1. The number of aryl methyl sites for hydroxylation is 1. The molecule has 4 aliphatic heterocycles. The third-order valence-electron chi connectivity index (χ3n) is 9.97. The highest BCUT2D eigenvalue weighted by molar-refractivity contribution is 5.97. The molecule has 44 heavy (non-hydrogen) atoms. The second kappa shape index (κ2) is 12.2. The summed E-state index contributed by atoms with van der Waals surface area (Å²) >= 11 is 0. The number of likely N-dealkylation sites (N-methyl/N-ethyl adjacent to an activating group) is 1. The Kier molecular flexibility index (Phi) is 8.00. The molecular weight excluding hydrogens is 552 g/mol. The molecule has 1 amide bonds. The molecule has 0 bridgehead atoms. The van der Waals surface area contributed by atoms with E-state index in [9.17, 15) is 10.1 Å². The molecule has 4 atom stereocenters. The number of anilines is 2. The molecule has 3 aromatic rings. The monoisotopic (exact) mass is 594 g/mol. The van der Waals surface area contributed by atoms with Crippen molar-refractivity contribution >= 4 is 28.2 Å². The molecule has 0 radical (unpaired) electrons. The zero-order valence-corrected chi connectivity index (χ0v) is 25.8. The summed E-state index contributed by atoms with van der Waals surface area (Å²) in [5.74, 6) is 0.995. The van der Waals surface area contributed by atoms with Crippen molar-refractivity contribution in [2.75, 3.05) is 56.2 Å². The molecule has 5 heterocycles. The molecule has 10 nitrogen and oxygen atoms in total. The Bertz CT molecular complexity index is 1580. The van der Waals surface area contributed by atoms with Gasteiger partial charge in [0.05, 0.1) is 24.3 Å². The molecule has 2 N–H and O–H groups in total. The first-order valence-electron chi connectivity index (χ1n) is 16.1. The summed E-state index contributed by atoms with van der Waals surface area (Å²) in [5, 5.41) is 18.5. The van der Waals surface area contributed by atoms with Crippen molar-refractivity contribution in [1.82, 2.24) is 25.5 Å².